The van der Waals surface area contributed by atoms with Crippen LogP contribution in [-0.2, 0) is 4.79 Å². The number of rotatable bonds is 1. The Hall–Kier alpha value is -1.15. The maximum absolute atomic E-state index is 10.9. The third kappa shape index (κ3) is 1.10. The number of aliphatic carboxylic acids is 1. The molecule has 13 heavy (non-hydrogen) atoms. The second kappa shape index (κ2) is 2.67. The fraction of sp³-hybridized carbons (Fsp3) is 0.778. The Kier molecular flexibility index (Phi) is 1.74. The van der Waals surface area contributed by atoms with E-state index < -0.39 is 5.97 Å². The minimum atomic E-state index is -0.738. The van der Waals surface area contributed by atoms with Crippen LogP contribution < -0.4 is 0 Å². The predicted octanol–water partition coefficient (Wildman–Crippen LogP) is 1.32. The number of carboxylic acid groups (broad SMARTS) is 1. The molecule has 0 saturated heterocycles. The highest BCUT2D eigenvalue weighted by Gasteiger charge is 2.66. The number of nitrogens with zero attached hydrogens (tertiary/aromatic N) is 2. The van der Waals surface area contributed by atoms with Crippen LogP contribution in [-0.4, -0.2) is 21.6 Å². The van der Waals surface area contributed by atoms with Crippen molar-refractivity contribution < 1.29 is 14.7 Å². The van der Waals surface area contributed by atoms with Crippen LogP contribution in [0, 0.1) is 11.3 Å². The minimum absolute atomic E-state index is 0.265. The van der Waals surface area contributed by atoms with E-state index in [2.05, 4.69) is 4.79 Å². The molecule has 0 aromatic carbocycles. The first kappa shape index (κ1) is 8.45. The molecule has 2 unspecified atom stereocenters. The van der Waals surface area contributed by atoms with Crippen molar-refractivity contribution in [2.45, 2.75) is 32.1 Å². The van der Waals surface area contributed by atoms with Crippen molar-refractivity contribution >= 4 is 11.7 Å². The van der Waals surface area contributed by atoms with E-state index in [9.17, 15) is 4.79 Å². The second-order valence-electron chi connectivity index (χ2n) is 4.02. The van der Waals surface area contributed by atoms with Crippen molar-refractivity contribution in [1.29, 1.82) is 0 Å². The van der Waals surface area contributed by atoms with Gasteiger partial charge in [0.25, 0.3) is 5.71 Å². The fourth-order valence-electron chi connectivity index (χ4n) is 2.55. The zero-order valence-electron chi connectivity index (χ0n) is 7.36. The molecule has 2 atom stereocenters. The molecule has 4 heteroatoms. The molecule has 2 aliphatic carbocycles. The molecule has 0 aliphatic heterocycles. The zero-order chi connectivity index (χ0) is 9.47. The Labute approximate surface area is 76.2 Å². The van der Waals surface area contributed by atoms with Crippen molar-refractivity contribution in [3.8, 4) is 0 Å². The van der Waals surface area contributed by atoms with E-state index in [0.29, 0.717) is 12.1 Å². The summed E-state index contributed by atoms with van der Waals surface area (Å²) in [6.07, 6.45) is 4.33. The lowest BCUT2D eigenvalue weighted by atomic mass is 9.76. The largest absolute Gasteiger partial charge is 0.481 e. The molecular formula is C9H12N2O2. The van der Waals surface area contributed by atoms with E-state index in [1.54, 1.807) is 0 Å². The number of carbonyl (C=O) groups is 1. The van der Waals surface area contributed by atoms with Crippen LogP contribution in [0.25, 0.3) is 5.53 Å². The summed E-state index contributed by atoms with van der Waals surface area (Å²) in [6.45, 7) is 0. The lowest BCUT2D eigenvalue weighted by Gasteiger charge is -2.24. The van der Waals surface area contributed by atoms with Gasteiger partial charge in [-0.1, -0.05) is 12.8 Å². The van der Waals surface area contributed by atoms with E-state index in [0.717, 1.165) is 25.7 Å². The summed E-state index contributed by atoms with van der Waals surface area (Å²) in [5.74, 6) is -1.05. The molecule has 0 aromatic heterocycles. The molecule has 4 nitrogen and oxygen atoms in total. The van der Waals surface area contributed by atoms with Crippen LogP contribution >= 0.6 is 0 Å². The minimum Gasteiger partial charge on any atom is -0.481 e. The summed E-state index contributed by atoms with van der Waals surface area (Å²) in [4.78, 5) is 14.1. The summed E-state index contributed by atoms with van der Waals surface area (Å²) in [6, 6.07) is 0. The average molecular weight is 180 g/mol. The normalized spacial score (nSPS) is 37.2. The Morgan fingerprint density at radius 1 is 1.62 bits per heavy atom. The molecule has 0 aromatic rings. The van der Waals surface area contributed by atoms with Gasteiger partial charge in [-0.05, 0) is 12.8 Å². The van der Waals surface area contributed by atoms with Crippen molar-refractivity contribution in [2.75, 3.05) is 0 Å². The van der Waals surface area contributed by atoms with E-state index in [4.69, 9.17) is 10.6 Å². The maximum Gasteiger partial charge on any atom is 0.307 e. The van der Waals surface area contributed by atoms with Gasteiger partial charge in [0.15, 0.2) is 0 Å². The van der Waals surface area contributed by atoms with Gasteiger partial charge in [-0.15, -0.1) is 0 Å². The first-order valence-electron chi connectivity index (χ1n) is 4.65. The molecular weight excluding hydrogens is 168 g/mol. The summed E-state index contributed by atoms with van der Waals surface area (Å²) in [7, 11) is 0. The molecule has 2 saturated carbocycles. The zero-order valence-corrected chi connectivity index (χ0v) is 7.36. The lowest BCUT2D eigenvalue weighted by Crippen LogP contribution is -2.30. The Balaban J connectivity index is 2.25. The van der Waals surface area contributed by atoms with Crippen LogP contribution in [0.1, 0.15) is 32.1 Å². The van der Waals surface area contributed by atoms with E-state index in [1.807, 2.05) is 0 Å². The summed E-state index contributed by atoms with van der Waals surface area (Å²) in [5, 5.41) is 8.99. The first-order valence-corrected chi connectivity index (χ1v) is 4.65. The highest BCUT2D eigenvalue weighted by atomic mass is 16.4. The van der Waals surface area contributed by atoms with Crippen molar-refractivity contribution in [3.63, 3.8) is 0 Å². The van der Waals surface area contributed by atoms with Gasteiger partial charge in [0.2, 0.25) is 0 Å². The maximum atomic E-state index is 10.9. The smallest absolute Gasteiger partial charge is 0.307 e. The molecule has 0 amide bonds. The topological polar surface area (TPSA) is 73.7 Å². The molecule has 0 bridgehead atoms. The Morgan fingerprint density at radius 2 is 2.38 bits per heavy atom. The number of carboxylic acids is 1. The van der Waals surface area contributed by atoms with Crippen LogP contribution in [0.15, 0.2) is 0 Å². The quantitative estimate of drug-likeness (QED) is 0.488. The van der Waals surface area contributed by atoms with E-state index >= 15 is 0 Å². The third-order valence-corrected chi connectivity index (χ3v) is 3.38. The molecule has 0 heterocycles. The highest BCUT2D eigenvalue weighted by Crippen LogP contribution is 2.56. The average Bonchev–Trinajstić information content (AvgIpc) is 2.79. The molecule has 2 fully saturated rings. The third-order valence-electron chi connectivity index (χ3n) is 3.38. The van der Waals surface area contributed by atoms with Crippen LogP contribution in [0.4, 0.5) is 0 Å². The number of hydrogen-bond donors (Lipinski definition) is 1. The van der Waals surface area contributed by atoms with Gasteiger partial charge in [0, 0.05) is 0 Å². The van der Waals surface area contributed by atoms with Gasteiger partial charge in [-0.3, -0.25) is 4.79 Å². The fourth-order valence-corrected chi connectivity index (χ4v) is 2.55. The first-order chi connectivity index (χ1) is 6.20. The van der Waals surface area contributed by atoms with Gasteiger partial charge in [-0.25, -0.2) is 0 Å². The molecule has 0 radical (unpaired) electrons. The van der Waals surface area contributed by atoms with E-state index in [1.165, 1.54) is 0 Å². The lowest BCUT2D eigenvalue weighted by molar-refractivity contribution is -0.145. The van der Waals surface area contributed by atoms with Gasteiger partial charge < -0.3 is 10.6 Å². The molecule has 1 spiro atoms. The predicted molar refractivity (Wildman–Crippen MR) is 45.3 cm³/mol. The van der Waals surface area contributed by atoms with Crippen LogP contribution in [0.5, 0.6) is 0 Å². The van der Waals surface area contributed by atoms with Gasteiger partial charge in [0.05, 0.1) is 17.8 Å². The van der Waals surface area contributed by atoms with Crippen molar-refractivity contribution in [2.24, 2.45) is 11.3 Å². The standard InChI is InChI=1S/C9H12N2O2/c10-11-7-5-9(7)4-2-1-3-6(9)8(12)13/h6H,1-5H2,(H,12,13). The van der Waals surface area contributed by atoms with Crippen molar-refractivity contribution in [1.82, 2.24) is 0 Å². The number of hydrogen-bond acceptors (Lipinski definition) is 1. The SMILES string of the molecule is [N-]=[N+]=C1CC12CCCCC2C(=O)O. The molecule has 2 rings (SSSR count). The molecule has 1 N–H and O–H groups in total. The van der Waals surface area contributed by atoms with Gasteiger partial charge in [0.1, 0.15) is 0 Å². The Morgan fingerprint density at radius 3 is 2.92 bits per heavy atom. The summed E-state index contributed by atoms with van der Waals surface area (Å²) >= 11 is 0. The van der Waals surface area contributed by atoms with Crippen molar-refractivity contribution in [3.05, 3.63) is 5.53 Å². The highest BCUT2D eigenvalue weighted by molar-refractivity contribution is 6.04. The Bertz CT molecular complexity index is 307. The summed E-state index contributed by atoms with van der Waals surface area (Å²) < 4.78 is 0. The van der Waals surface area contributed by atoms with Crippen LogP contribution in [0.3, 0.4) is 0 Å². The summed E-state index contributed by atoms with van der Waals surface area (Å²) in [5.41, 5.74) is 9.05. The molecule has 2 aliphatic rings. The second-order valence-corrected chi connectivity index (χ2v) is 4.02. The van der Waals surface area contributed by atoms with Gasteiger partial charge >= 0.3 is 5.97 Å². The monoisotopic (exact) mass is 180 g/mol. The van der Waals surface area contributed by atoms with Crippen LogP contribution in [0.2, 0.25) is 0 Å². The molecule has 70 valence electrons. The van der Waals surface area contributed by atoms with Gasteiger partial charge in [-0.2, -0.15) is 4.79 Å². The van der Waals surface area contributed by atoms with E-state index in [-0.39, 0.29) is 11.3 Å².